The Morgan fingerprint density at radius 3 is 1.72 bits per heavy atom. The maximum absolute atomic E-state index is 12.6. The molecule has 0 heterocycles. The first-order valence-corrected chi connectivity index (χ1v) is 10.1. The van der Waals surface area contributed by atoms with Crippen LogP contribution < -0.4 is 9.47 Å². The zero-order valence-corrected chi connectivity index (χ0v) is 18.0. The minimum absolute atomic E-state index is 0.0626. The number of esters is 2. The normalized spacial score (nSPS) is 10.6. The average molecular weight is 441 g/mol. The third-order valence-electron chi connectivity index (χ3n) is 4.49. The zero-order valence-electron chi connectivity index (χ0n) is 18.0. The summed E-state index contributed by atoms with van der Waals surface area (Å²) in [7, 11) is 0. The van der Waals surface area contributed by atoms with Crippen molar-refractivity contribution in [3.8, 4) is 11.5 Å². The Bertz CT molecular complexity index is 930. The summed E-state index contributed by atoms with van der Waals surface area (Å²) in [4.78, 5) is 38.0. The van der Waals surface area contributed by atoms with E-state index in [1.165, 1.54) is 24.3 Å². The van der Waals surface area contributed by atoms with E-state index < -0.39 is 11.9 Å². The highest BCUT2D eigenvalue weighted by atomic mass is 16.5. The summed E-state index contributed by atoms with van der Waals surface area (Å²) in [6.45, 7) is 6.02. The summed E-state index contributed by atoms with van der Waals surface area (Å²) >= 11 is 0. The van der Waals surface area contributed by atoms with Crippen molar-refractivity contribution in [2.24, 2.45) is 0 Å². The first kappa shape index (κ1) is 24.9. The number of ether oxygens (including phenoxy) is 2. The molecular weight excluding hydrogens is 414 g/mol. The molecule has 2 rings (SSSR count). The summed E-state index contributed by atoms with van der Waals surface area (Å²) in [5.74, 6) is -0.601. The van der Waals surface area contributed by atoms with Gasteiger partial charge >= 0.3 is 11.9 Å². The fourth-order valence-electron chi connectivity index (χ4n) is 2.76. The molecule has 0 aliphatic rings. The Morgan fingerprint density at radius 2 is 1.28 bits per heavy atom. The highest BCUT2D eigenvalue weighted by Crippen LogP contribution is 2.19. The first-order chi connectivity index (χ1) is 15.3. The van der Waals surface area contributed by atoms with Gasteiger partial charge in [-0.25, -0.2) is 4.79 Å². The maximum atomic E-state index is 12.6. The van der Waals surface area contributed by atoms with Crippen LogP contribution in [-0.2, 0) is 9.59 Å². The topological polar surface area (TPSA) is 113 Å². The number of carbonyl (C=O) groups is 3. The van der Waals surface area contributed by atoms with Crippen molar-refractivity contribution in [1.29, 1.82) is 0 Å². The van der Waals surface area contributed by atoms with Gasteiger partial charge in [0.1, 0.15) is 11.5 Å². The molecule has 2 aromatic carbocycles. The van der Waals surface area contributed by atoms with Crippen molar-refractivity contribution < 1.29 is 34.1 Å². The number of hydrogen-bond donors (Lipinski definition) is 2. The van der Waals surface area contributed by atoms with E-state index in [0.717, 1.165) is 0 Å². The minimum Gasteiger partial charge on any atom is -0.426 e. The van der Waals surface area contributed by atoms with Crippen LogP contribution in [0.5, 0.6) is 11.5 Å². The Hall–Kier alpha value is -3.33. The van der Waals surface area contributed by atoms with E-state index in [0.29, 0.717) is 42.3 Å². The highest BCUT2D eigenvalue weighted by molar-refractivity contribution is 6.09. The standard InChI is InChI=1S/C24H27NO7/c1-17(2)24(30)32-21-9-5-19(6-10-21)23(29)18-3-7-20(8-4-18)31-22(28)11-12-25(13-15-26)14-16-27/h3-10,26-27H,1,11-16H2,2H3. The van der Waals surface area contributed by atoms with Crippen molar-refractivity contribution in [2.45, 2.75) is 13.3 Å². The monoisotopic (exact) mass is 441 g/mol. The van der Waals surface area contributed by atoms with Gasteiger partial charge in [-0.1, -0.05) is 6.58 Å². The minimum atomic E-state index is -0.538. The molecule has 0 aliphatic heterocycles. The predicted molar refractivity (Wildman–Crippen MR) is 118 cm³/mol. The van der Waals surface area contributed by atoms with Crippen molar-refractivity contribution in [1.82, 2.24) is 4.90 Å². The SMILES string of the molecule is C=C(C)C(=O)Oc1ccc(C(=O)c2ccc(OC(=O)CCN(CCO)CCO)cc2)cc1. The molecule has 0 unspecified atom stereocenters. The number of benzene rings is 2. The van der Waals surface area contributed by atoms with E-state index in [1.807, 2.05) is 0 Å². The lowest BCUT2D eigenvalue weighted by atomic mass is 10.0. The van der Waals surface area contributed by atoms with Crippen LogP contribution in [0, 0.1) is 0 Å². The lowest BCUT2D eigenvalue weighted by molar-refractivity contribution is -0.135. The van der Waals surface area contributed by atoms with Gasteiger partial charge in [-0.05, 0) is 55.5 Å². The van der Waals surface area contributed by atoms with E-state index in [2.05, 4.69) is 6.58 Å². The molecule has 0 spiro atoms. The third kappa shape index (κ3) is 7.73. The molecule has 0 saturated carbocycles. The van der Waals surface area contributed by atoms with Gasteiger partial charge in [0.2, 0.25) is 0 Å². The van der Waals surface area contributed by atoms with E-state index in [9.17, 15) is 14.4 Å². The summed E-state index contributed by atoms with van der Waals surface area (Å²) in [6, 6.07) is 12.4. The molecule has 0 amide bonds. The zero-order chi connectivity index (χ0) is 23.5. The fraction of sp³-hybridized carbons (Fsp3) is 0.292. The van der Waals surface area contributed by atoms with Crippen LogP contribution in [0.25, 0.3) is 0 Å². The van der Waals surface area contributed by atoms with Gasteiger partial charge in [0, 0.05) is 36.3 Å². The Labute approximate surface area is 186 Å². The summed E-state index contributed by atoms with van der Waals surface area (Å²) in [6.07, 6.45) is 0.100. The van der Waals surface area contributed by atoms with Gasteiger partial charge in [-0.15, -0.1) is 0 Å². The Balaban J connectivity index is 1.92. The first-order valence-electron chi connectivity index (χ1n) is 10.1. The largest absolute Gasteiger partial charge is 0.426 e. The van der Waals surface area contributed by atoms with Crippen molar-refractivity contribution in [2.75, 3.05) is 32.8 Å². The van der Waals surface area contributed by atoms with Crippen LogP contribution in [0.3, 0.4) is 0 Å². The van der Waals surface area contributed by atoms with Crippen molar-refractivity contribution in [3.05, 3.63) is 71.8 Å². The lowest BCUT2D eigenvalue weighted by Gasteiger charge is -2.19. The molecule has 0 saturated heterocycles. The molecule has 0 radical (unpaired) electrons. The van der Waals surface area contributed by atoms with Crippen LogP contribution in [0.15, 0.2) is 60.7 Å². The number of hydrogen-bond acceptors (Lipinski definition) is 8. The van der Waals surface area contributed by atoms with E-state index in [4.69, 9.17) is 19.7 Å². The quantitative estimate of drug-likeness (QED) is 0.223. The predicted octanol–water partition coefficient (Wildman–Crippen LogP) is 1.98. The van der Waals surface area contributed by atoms with Crippen LogP contribution >= 0.6 is 0 Å². The number of nitrogens with zero attached hydrogens (tertiary/aromatic N) is 1. The fourth-order valence-corrected chi connectivity index (χ4v) is 2.76. The maximum Gasteiger partial charge on any atom is 0.338 e. The van der Waals surface area contributed by atoms with E-state index in [1.54, 1.807) is 36.1 Å². The third-order valence-corrected chi connectivity index (χ3v) is 4.49. The van der Waals surface area contributed by atoms with Crippen molar-refractivity contribution in [3.63, 3.8) is 0 Å². The highest BCUT2D eigenvalue weighted by Gasteiger charge is 2.13. The van der Waals surface area contributed by atoms with Gasteiger partial charge in [0.25, 0.3) is 0 Å². The van der Waals surface area contributed by atoms with Gasteiger partial charge in [-0.3, -0.25) is 14.5 Å². The molecule has 8 nitrogen and oxygen atoms in total. The van der Waals surface area contributed by atoms with Crippen LogP contribution in [-0.4, -0.2) is 65.7 Å². The summed E-state index contributed by atoms with van der Waals surface area (Å²) in [5, 5.41) is 18.0. The molecule has 0 aliphatic carbocycles. The molecular formula is C24H27NO7. The van der Waals surface area contributed by atoms with Crippen LogP contribution in [0.4, 0.5) is 0 Å². The second-order valence-corrected chi connectivity index (χ2v) is 7.06. The molecule has 32 heavy (non-hydrogen) atoms. The molecule has 2 N–H and O–H groups in total. The summed E-state index contributed by atoms with van der Waals surface area (Å²) < 4.78 is 10.4. The molecule has 0 bridgehead atoms. The molecule has 0 aromatic heterocycles. The van der Waals surface area contributed by atoms with E-state index >= 15 is 0 Å². The second kappa shape index (κ2) is 12.5. The molecule has 170 valence electrons. The smallest absolute Gasteiger partial charge is 0.338 e. The molecule has 2 aromatic rings. The van der Waals surface area contributed by atoms with Crippen LogP contribution in [0.2, 0.25) is 0 Å². The lowest BCUT2D eigenvalue weighted by Crippen LogP contribution is -2.32. The van der Waals surface area contributed by atoms with Gasteiger partial charge in [-0.2, -0.15) is 0 Å². The Morgan fingerprint density at radius 1 is 0.812 bits per heavy atom. The number of aliphatic hydroxyl groups excluding tert-OH is 2. The average Bonchev–Trinajstić information content (AvgIpc) is 2.78. The van der Waals surface area contributed by atoms with Crippen LogP contribution in [0.1, 0.15) is 29.3 Å². The van der Waals surface area contributed by atoms with Gasteiger partial charge in [0.15, 0.2) is 5.78 Å². The molecule has 8 heteroatoms. The number of aliphatic hydroxyl groups is 2. The van der Waals surface area contributed by atoms with E-state index in [-0.39, 0.29) is 31.0 Å². The molecule has 0 atom stereocenters. The second-order valence-electron chi connectivity index (χ2n) is 7.06. The number of ketones is 1. The van der Waals surface area contributed by atoms with Gasteiger partial charge < -0.3 is 19.7 Å². The molecule has 0 fully saturated rings. The van der Waals surface area contributed by atoms with Crippen molar-refractivity contribution >= 4 is 17.7 Å². The van der Waals surface area contributed by atoms with Gasteiger partial charge in [0.05, 0.1) is 19.6 Å². The number of rotatable bonds is 12. The number of carbonyl (C=O) groups excluding carboxylic acids is 3. The Kier molecular flexibility index (Phi) is 9.75. The summed E-state index contributed by atoms with van der Waals surface area (Å²) in [5.41, 5.74) is 1.10.